The molecule has 0 radical (unpaired) electrons. The summed E-state index contributed by atoms with van der Waals surface area (Å²) in [6.07, 6.45) is 0.833. The van der Waals surface area contributed by atoms with Gasteiger partial charge in [0.15, 0.2) is 0 Å². The molecule has 1 heterocycles. The van der Waals surface area contributed by atoms with Crippen molar-refractivity contribution in [3.8, 4) is 11.6 Å². The van der Waals surface area contributed by atoms with E-state index >= 15 is 0 Å². The van der Waals surface area contributed by atoms with Gasteiger partial charge in [-0.3, -0.25) is 0 Å². The molecule has 1 aliphatic carbocycles. The summed E-state index contributed by atoms with van der Waals surface area (Å²) >= 11 is 0. The highest BCUT2D eigenvalue weighted by Gasteiger charge is 2.43. The average molecular weight is 496 g/mol. The Kier molecular flexibility index (Phi) is 7.59. The third-order valence-corrected chi connectivity index (χ3v) is 7.33. The van der Waals surface area contributed by atoms with E-state index in [9.17, 15) is 15.0 Å². The summed E-state index contributed by atoms with van der Waals surface area (Å²) in [5.41, 5.74) is 3.76. The molecule has 194 valence electrons. The molecule has 0 aliphatic heterocycles. The fourth-order valence-corrected chi connectivity index (χ4v) is 5.75. The summed E-state index contributed by atoms with van der Waals surface area (Å²) in [6.45, 7) is 5.24. The number of aromatic nitrogens is 1. The lowest BCUT2D eigenvalue weighted by molar-refractivity contribution is -0.0694. The van der Waals surface area contributed by atoms with Crippen molar-refractivity contribution in [3.63, 3.8) is 0 Å². The van der Waals surface area contributed by atoms with Crippen molar-refractivity contribution in [2.75, 3.05) is 27.7 Å². The zero-order chi connectivity index (χ0) is 26.0. The van der Waals surface area contributed by atoms with Crippen LogP contribution in [0.2, 0.25) is 0 Å². The lowest BCUT2D eigenvalue weighted by Gasteiger charge is -2.45. The summed E-state index contributed by atoms with van der Waals surface area (Å²) < 4.78 is 10.5. The van der Waals surface area contributed by atoms with Crippen LogP contribution in [0.15, 0.2) is 36.4 Å². The number of carbonyl (C=O) groups is 1. The van der Waals surface area contributed by atoms with E-state index in [0.717, 1.165) is 58.3 Å². The van der Waals surface area contributed by atoms with Gasteiger partial charge in [-0.1, -0.05) is 18.2 Å². The lowest BCUT2D eigenvalue weighted by atomic mass is 9.69. The van der Waals surface area contributed by atoms with Gasteiger partial charge >= 0.3 is 6.16 Å². The number of aromatic amines is 1. The van der Waals surface area contributed by atoms with Crippen molar-refractivity contribution in [3.05, 3.63) is 58.7 Å². The van der Waals surface area contributed by atoms with Crippen molar-refractivity contribution in [1.82, 2.24) is 15.2 Å². The summed E-state index contributed by atoms with van der Waals surface area (Å²) in [7, 11) is 5.68. The summed E-state index contributed by atoms with van der Waals surface area (Å²) in [4.78, 5) is 16.6. The number of ether oxygens (including phenoxy) is 2. The summed E-state index contributed by atoms with van der Waals surface area (Å²) in [5.74, 6) is 1.00. The minimum Gasteiger partial charge on any atom is -0.497 e. The van der Waals surface area contributed by atoms with Crippen LogP contribution in [-0.2, 0) is 12.1 Å². The first kappa shape index (κ1) is 26.0. The van der Waals surface area contributed by atoms with E-state index in [4.69, 9.17) is 9.47 Å². The topological polar surface area (TPSA) is 107 Å². The van der Waals surface area contributed by atoms with Crippen LogP contribution in [0.4, 0.5) is 4.79 Å². The smallest absolute Gasteiger partial charge is 0.497 e. The quantitative estimate of drug-likeness (QED) is 0.340. The zero-order valence-electron chi connectivity index (χ0n) is 21.7. The Morgan fingerprint density at radius 1 is 1.25 bits per heavy atom. The third-order valence-electron chi connectivity index (χ3n) is 7.33. The number of nitrogens with zero attached hydrogens (tertiary/aromatic N) is 1. The second-order valence-electron chi connectivity index (χ2n) is 10.3. The zero-order valence-corrected chi connectivity index (χ0v) is 21.7. The van der Waals surface area contributed by atoms with Gasteiger partial charge in [0.05, 0.1) is 12.7 Å². The van der Waals surface area contributed by atoms with Gasteiger partial charge in [-0.05, 0) is 82.1 Å². The van der Waals surface area contributed by atoms with Crippen molar-refractivity contribution in [1.29, 1.82) is 0 Å². The maximum Gasteiger partial charge on any atom is 0.512 e. The van der Waals surface area contributed by atoms with E-state index in [1.54, 1.807) is 7.11 Å². The molecule has 0 bridgehead atoms. The molecular formula is C28H37N3O5. The number of hydrogen-bond donors (Lipinski definition) is 4. The molecule has 0 saturated heterocycles. The maximum absolute atomic E-state index is 11.9. The van der Waals surface area contributed by atoms with Gasteiger partial charge in [0, 0.05) is 41.5 Å². The summed E-state index contributed by atoms with van der Waals surface area (Å²) in [6, 6.07) is 12.0. The Hall–Kier alpha value is -3.07. The highest BCUT2D eigenvalue weighted by Crippen LogP contribution is 2.43. The third kappa shape index (κ3) is 5.36. The molecule has 4 rings (SSSR count). The lowest BCUT2D eigenvalue weighted by Crippen LogP contribution is -2.49. The monoisotopic (exact) mass is 495 g/mol. The molecular weight excluding hydrogens is 458 g/mol. The number of fused-ring (bicyclic) bond motifs is 1. The van der Waals surface area contributed by atoms with Crippen LogP contribution in [0.25, 0.3) is 10.9 Å². The minimum atomic E-state index is -1.34. The van der Waals surface area contributed by atoms with Crippen LogP contribution in [-0.4, -0.2) is 60.0 Å². The number of methoxy groups -OCH3 is 1. The Bertz CT molecular complexity index is 1240. The fourth-order valence-electron chi connectivity index (χ4n) is 5.75. The molecule has 4 N–H and O–H groups in total. The van der Waals surface area contributed by atoms with E-state index in [-0.39, 0.29) is 17.8 Å². The van der Waals surface area contributed by atoms with Crippen molar-refractivity contribution < 1.29 is 24.5 Å². The SMILES string of the molecule is COc1cccc(C2(O)CCC(NCc3c(OC(=O)O)[nH]c4cc(C)cc(C)c34)CC2CN(C)C)c1. The molecule has 1 aliphatic rings. The van der Waals surface area contributed by atoms with E-state index < -0.39 is 11.8 Å². The Morgan fingerprint density at radius 2 is 2.03 bits per heavy atom. The van der Waals surface area contributed by atoms with Gasteiger partial charge in [-0.2, -0.15) is 0 Å². The van der Waals surface area contributed by atoms with Crippen molar-refractivity contribution >= 4 is 17.1 Å². The standard InChI is InChI=1S/C28H37N3O5/c1-17-11-18(2)25-23(26(36-27(32)33)30-24(25)12-17)15-29-21-9-10-28(34,20(13-21)16-31(3)4)19-7-6-8-22(14-19)35-5/h6-8,11-12,14,20-21,29-30,34H,9-10,13,15-16H2,1-5H3,(H,32,33). The Labute approximate surface area is 212 Å². The molecule has 1 saturated carbocycles. The van der Waals surface area contributed by atoms with E-state index in [1.807, 2.05) is 58.3 Å². The van der Waals surface area contributed by atoms with Crippen molar-refractivity contribution in [2.45, 2.75) is 51.3 Å². The number of hydrogen-bond acceptors (Lipinski definition) is 6. The van der Waals surface area contributed by atoms with Gasteiger partial charge in [-0.25, -0.2) is 4.79 Å². The Balaban J connectivity index is 1.57. The van der Waals surface area contributed by atoms with Gasteiger partial charge in [0.25, 0.3) is 0 Å². The number of H-pyrrole nitrogens is 1. The fraction of sp³-hybridized carbons (Fsp3) is 0.464. The number of aliphatic hydroxyl groups is 1. The molecule has 3 aromatic rings. The van der Waals surface area contributed by atoms with Gasteiger partial charge < -0.3 is 34.9 Å². The molecule has 2 aromatic carbocycles. The highest BCUT2D eigenvalue weighted by molar-refractivity contribution is 5.90. The van der Waals surface area contributed by atoms with E-state index in [0.29, 0.717) is 13.0 Å². The highest BCUT2D eigenvalue weighted by atomic mass is 16.7. The Morgan fingerprint density at radius 3 is 2.72 bits per heavy atom. The number of carboxylic acid groups (broad SMARTS) is 1. The molecule has 8 heteroatoms. The van der Waals surface area contributed by atoms with Gasteiger partial charge in [0.2, 0.25) is 5.88 Å². The van der Waals surface area contributed by atoms with E-state index in [2.05, 4.69) is 21.3 Å². The molecule has 0 amide bonds. The molecule has 1 aromatic heterocycles. The molecule has 3 unspecified atom stereocenters. The predicted molar refractivity (Wildman–Crippen MR) is 140 cm³/mol. The second kappa shape index (κ2) is 10.5. The second-order valence-corrected chi connectivity index (χ2v) is 10.3. The van der Waals surface area contributed by atoms with Crippen LogP contribution < -0.4 is 14.8 Å². The molecule has 3 atom stereocenters. The normalized spacial score (nSPS) is 22.2. The van der Waals surface area contributed by atoms with Crippen LogP contribution in [0.3, 0.4) is 0 Å². The van der Waals surface area contributed by atoms with E-state index in [1.165, 1.54) is 0 Å². The van der Waals surface area contributed by atoms with Crippen molar-refractivity contribution in [2.24, 2.45) is 5.92 Å². The molecule has 36 heavy (non-hydrogen) atoms. The van der Waals surface area contributed by atoms with Crippen LogP contribution >= 0.6 is 0 Å². The number of rotatable bonds is 8. The van der Waals surface area contributed by atoms with Gasteiger partial charge in [-0.15, -0.1) is 0 Å². The molecule has 0 spiro atoms. The average Bonchev–Trinajstić information content (AvgIpc) is 3.15. The predicted octanol–water partition coefficient (Wildman–Crippen LogP) is 4.56. The maximum atomic E-state index is 11.9. The van der Waals surface area contributed by atoms with Crippen LogP contribution in [0.5, 0.6) is 11.6 Å². The first-order valence-corrected chi connectivity index (χ1v) is 12.4. The first-order valence-electron chi connectivity index (χ1n) is 12.4. The van der Waals surface area contributed by atoms with Gasteiger partial charge in [0.1, 0.15) is 5.75 Å². The number of aryl methyl sites for hydroxylation is 2. The summed E-state index contributed by atoms with van der Waals surface area (Å²) in [5, 5.41) is 25.8. The number of benzene rings is 2. The van der Waals surface area contributed by atoms with Crippen LogP contribution in [0.1, 0.15) is 41.5 Å². The number of nitrogens with one attached hydrogen (secondary N) is 2. The molecule has 1 fully saturated rings. The minimum absolute atomic E-state index is 0.00736. The largest absolute Gasteiger partial charge is 0.512 e. The first-order chi connectivity index (χ1) is 17.1. The van der Waals surface area contributed by atoms with Crippen LogP contribution in [0, 0.1) is 19.8 Å². The molecule has 8 nitrogen and oxygen atoms in total.